The molecule has 43 heavy (non-hydrogen) atoms. The molecule has 2 atom stereocenters. The van der Waals surface area contributed by atoms with Crippen molar-refractivity contribution in [2.24, 2.45) is 11.8 Å². The van der Waals surface area contributed by atoms with Crippen LogP contribution in [0, 0.1) is 11.8 Å². The second-order valence-electron chi connectivity index (χ2n) is 11.1. The average molecular weight is 614 g/mol. The monoisotopic (exact) mass is 613 g/mol. The number of likely N-dealkylation sites (tertiary alicyclic amines) is 2. The highest BCUT2D eigenvalue weighted by Crippen LogP contribution is 2.38. The van der Waals surface area contributed by atoms with Gasteiger partial charge in [-0.15, -0.1) is 0 Å². The smallest absolute Gasteiger partial charge is 0.387 e. The van der Waals surface area contributed by atoms with E-state index in [1.807, 2.05) is 12.1 Å². The molecule has 4 rings (SSSR count). The standard InChI is InChI=1S/C30H33F6N3O4/c1-37(16-19-13-22(29(31,32)33)15-23(14-19)30(34,35)36)28(43)24-9-12-39(17-25(24)20-5-3-2-4-6-20)27(42)21-7-10-38(11-8-21)26(41)18-40/h2-6,13-15,21,24-25,40H,7-12,16-18H2,1H3. The van der Waals surface area contributed by atoms with E-state index in [0.717, 1.165) is 10.5 Å². The Morgan fingerprint density at radius 2 is 1.42 bits per heavy atom. The maximum absolute atomic E-state index is 13.7. The first-order valence-corrected chi connectivity index (χ1v) is 13.9. The van der Waals surface area contributed by atoms with Gasteiger partial charge in [-0.3, -0.25) is 14.4 Å². The summed E-state index contributed by atoms with van der Waals surface area (Å²) < 4.78 is 80.2. The number of nitrogens with zero attached hydrogens (tertiary/aromatic N) is 3. The minimum atomic E-state index is -5.00. The number of hydrogen-bond acceptors (Lipinski definition) is 4. The van der Waals surface area contributed by atoms with Crippen LogP contribution in [0.25, 0.3) is 0 Å². The number of piperidine rings is 2. The molecule has 1 N–H and O–H groups in total. The van der Waals surface area contributed by atoms with Crippen molar-refractivity contribution in [2.75, 3.05) is 39.8 Å². The van der Waals surface area contributed by atoms with Crippen LogP contribution in [0.2, 0.25) is 0 Å². The summed E-state index contributed by atoms with van der Waals surface area (Å²) in [6.07, 6.45) is -8.85. The van der Waals surface area contributed by atoms with Gasteiger partial charge in [0.15, 0.2) is 0 Å². The highest BCUT2D eigenvalue weighted by molar-refractivity contribution is 5.83. The Bertz CT molecular complexity index is 1280. The second kappa shape index (κ2) is 12.9. The van der Waals surface area contributed by atoms with Crippen LogP contribution in [0.5, 0.6) is 0 Å². The van der Waals surface area contributed by atoms with Crippen LogP contribution in [-0.4, -0.2) is 77.4 Å². The van der Waals surface area contributed by atoms with Gasteiger partial charge in [0, 0.05) is 57.5 Å². The van der Waals surface area contributed by atoms with E-state index in [-0.39, 0.29) is 43.0 Å². The van der Waals surface area contributed by atoms with E-state index in [2.05, 4.69) is 0 Å². The SMILES string of the molecule is CN(Cc1cc(C(F)(F)F)cc(C(F)(F)F)c1)C(=O)C1CCN(C(=O)C2CCN(C(=O)CO)CC2)CC1c1ccccc1. The lowest BCUT2D eigenvalue weighted by Gasteiger charge is -2.41. The molecule has 0 radical (unpaired) electrons. The number of aliphatic hydroxyl groups is 1. The fourth-order valence-corrected chi connectivity index (χ4v) is 5.97. The number of benzene rings is 2. The van der Waals surface area contributed by atoms with Crippen molar-refractivity contribution < 1.29 is 45.8 Å². The van der Waals surface area contributed by atoms with E-state index >= 15 is 0 Å². The van der Waals surface area contributed by atoms with E-state index in [9.17, 15) is 40.7 Å². The van der Waals surface area contributed by atoms with Crippen molar-refractivity contribution in [3.05, 3.63) is 70.8 Å². The van der Waals surface area contributed by atoms with Crippen LogP contribution in [0.4, 0.5) is 26.3 Å². The normalized spacial score (nSPS) is 20.2. The molecule has 0 aromatic heterocycles. The Morgan fingerprint density at radius 3 is 1.95 bits per heavy atom. The summed E-state index contributed by atoms with van der Waals surface area (Å²) in [4.78, 5) is 43.3. The van der Waals surface area contributed by atoms with Crippen LogP contribution in [0.15, 0.2) is 48.5 Å². The maximum Gasteiger partial charge on any atom is 0.416 e. The number of halogens is 6. The van der Waals surface area contributed by atoms with Gasteiger partial charge in [0.2, 0.25) is 17.7 Å². The zero-order valence-electron chi connectivity index (χ0n) is 23.5. The fraction of sp³-hybridized carbons (Fsp3) is 0.500. The van der Waals surface area contributed by atoms with Gasteiger partial charge in [0.25, 0.3) is 0 Å². The van der Waals surface area contributed by atoms with Crippen molar-refractivity contribution in [3.8, 4) is 0 Å². The van der Waals surface area contributed by atoms with Crippen molar-refractivity contribution >= 4 is 17.7 Å². The molecule has 2 aliphatic heterocycles. The summed E-state index contributed by atoms with van der Waals surface area (Å²) in [5.74, 6) is -2.36. The number of carbonyl (C=O) groups excluding carboxylic acids is 3. The van der Waals surface area contributed by atoms with Gasteiger partial charge in [0.05, 0.1) is 11.1 Å². The van der Waals surface area contributed by atoms with Crippen molar-refractivity contribution in [3.63, 3.8) is 0 Å². The topological polar surface area (TPSA) is 81.2 Å². The van der Waals surface area contributed by atoms with E-state index in [0.29, 0.717) is 38.1 Å². The van der Waals surface area contributed by atoms with E-state index in [1.54, 1.807) is 23.1 Å². The number of aliphatic hydroxyl groups excluding tert-OH is 1. The minimum Gasteiger partial charge on any atom is -0.387 e. The molecule has 2 fully saturated rings. The third-order valence-corrected chi connectivity index (χ3v) is 8.24. The first-order valence-electron chi connectivity index (χ1n) is 13.9. The summed E-state index contributed by atoms with van der Waals surface area (Å²) in [5, 5.41) is 9.10. The summed E-state index contributed by atoms with van der Waals surface area (Å²) in [6.45, 7) is 0.114. The third kappa shape index (κ3) is 7.67. The van der Waals surface area contributed by atoms with Gasteiger partial charge in [-0.05, 0) is 48.6 Å². The molecule has 2 saturated heterocycles. The summed E-state index contributed by atoms with van der Waals surface area (Å²) in [5.41, 5.74) is -2.40. The lowest BCUT2D eigenvalue weighted by molar-refractivity contribution is -0.145. The molecule has 234 valence electrons. The molecule has 3 amide bonds. The van der Waals surface area contributed by atoms with Crippen molar-refractivity contribution in [1.29, 1.82) is 0 Å². The molecule has 13 heteroatoms. The zero-order valence-corrected chi connectivity index (χ0v) is 23.5. The third-order valence-electron chi connectivity index (χ3n) is 8.24. The first-order chi connectivity index (χ1) is 20.2. The Balaban J connectivity index is 1.51. The summed E-state index contributed by atoms with van der Waals surface area (Å²) >= 11 is 0. The first kappa shape index (κ1) is 32.3. The predicted octanol–water partition coefficient (Wildman–Crippen LogP) is 4.55. The average Bonchev–Trinajstić information content (AvgIpc) is 2.99. The van der Waals surface area contributed by atoms with Crippen LogP contribution < -0.4 is 0 Å². The molecule has 0 aliphatic carbocycles. The number of rotatable bonds is 6. The molecule has 2 aliphatic rings. The molecular formula is C30H33F6N3O4. The van der Waals surface area contributed by atoms with Crippen LogP contribution in [-0.2, 0) is 33.3 Å². The Morgan fingerprint density at radius 1 is 0.860 bits per heavy atom. The largest absolute Gasteiger partial charge is 0.416 e. The van der Waals surface area contributed by atoms with Gasteiger partial charge < -0.3 is 19.8 Å². The Labute approximate surface area is 245 Å². The Hall–Kier alpha value is -3.61. The molecule has 2 aromatic rings. The molecule has 0 bridgehead atoms. The molecule has 2 aromatic carbocycles. The molecule has 0 saturated carbocycles. The molecule has 7 nitrogen and oxygen atoms in total. The van der Waals surface area contributed by atoms with Gasteiger partial charge in [-0.1, -0.05) is 30.3 Å². The number of amides is 3. The van der Waals surface area contributed by atoms with Gasteiger partial charge >= 0.3 is 12.4 Å². The Kier molecular flexibility index (Phi) is 9.73. The van der Waals surface area contributed by atoms with Crippen molar-refractivity contribution in [2.45, 2.75) is 44.1 Å². The van der Waals surface area contributed by atoms with Crippen LogP contribution >= 0.6 is 0 Å². The van der Waals surface area contributed by atoms with E-state index in [4.69, 9.17) is 5.11 Å². The van der Waals surface area contributed by atoms with E-state index in [1.165, 1.54) is 11.9 Å². The lowest BCUT2D eigenvalue weighted by atomic mass is 9.79. The molecule has 0 spiro atoms. The predicted molar refractivity (Wildman–Crippen MR) is 143 cm³/mol. The number of hydrogen-bond donors (Lipinski definition) is 1. The lowest BCUT2D eigenvalue weighted by Crippen LogP contribution is -2.51. The fourth-order valence-electron chi connectivity index (χ4n) is 5.97. The molecule has 2 heterocycles. The summed E-state index contributed by atoms with van der Waals surface area (Å²) in [6, 6.07) is 10.3. The summed E-state index contributed by atoms with van der Waals surface area (Å²) in [7, 11) is 1.34. The molecule has 2 unspecified atom stereocenters. The van der Waals surface area contributed by atoms with Crippen LogP contribution in [0.3, 0.4) is 0 Å². The second-order valence-corrected chi connectivity index (χ2v) is 11.1. The molecular weight excluding hydrogens is 580 g/mol. The highest BCUT2D eigenvalue weighted by atomic mass is 19.4. The van der Waals surface area contributed by atoms with E-state index < -0.39 is 60.3 Å². The maximum atomic E-state index is 13.7. The quantitative estimate of drug-likeness (QED) is 0.486. The minimum absolute atomic E-state index is 0.0534. The van der Waals surface area contributed by atoms with Gasteiger partial charge in [-0.25, -0.2) is 0 Å². The zero-order chi connectivity index (χ0) is 31.5. The van der Waals surface area contributed by atoms with Crippen molar-refractivity contribution in [1.82, 2.24) is 14.7 Å². The van der Waals surface area contributed by atoms with Gasteiger partial charge in [-0.2, -0.15) is 26.3 Å². The van der Waals surface area contributed by atoms with Gasteiger partial charge in [0.1, 0.15) is 6.61 Å². The highest BCUT2D eigenvalue weighted by Gasteiger charge is 2.41. The number of carbonyl (C=O) groups is 3. The van der Waals surface area contributed by atoms with Crippen LogP contribution in [0.1, 0.15) is 47.4 Å². The number of alkyl halides is 6.